The molecule has 12 heteroatoms. The number of nitrogens with one attached hydrogen (secondary N) is 1. The Kier molecular flexibility index (Phi) is 6.23. The lowest BCUT2D eigenvalue weighted by Gasteiger charge is -2.05. The highest BCUT2D eigenvalue weighted by molar-refractivity contribution is 6.30. The number of hydrogen-bond donors (Lipinski definition) is 2. The summed E-state index contributed by atoms with van der Waals surface area (Å²) < 4.78 is 5.18. The summed E-state index contributed by atoms with van der Waals surface area (Å²) in [5.41, 5.74) is 0.285. The van der Waals surface area contributed by atoms with Gasteiger partial charge in [0.05, 0.1) is 27.7 Å². The van der Waals surface area contributed by atoms with Crippen LogP contribution in [-0.2, 0) is 4.79 Å². The molecule has 2 N–H and O–H groups in total. The summed E-state index contributed by atoms with van der Waals surface area (Å²) in [7, 11) is 0. The van der Waals surface area contributed by atoms with Crippen molar-refractivity contribution in [3.63, 3.8) is 0 Å². The third-order valence-corrected chi connectivity index (χ3v) is 3.34. The Morgan fingerprint density at radius 1 is 1.22 bits per heavy atom. The Hall–Kier alpha value is -3.73. The SMILES string of the molecule is O=C(COc1ccc(Cl)cc1)NN=Cc1cc([N+](=O)[O-])cc([N+](=O)[O-])c1O. The van der Waals surface area contributed by atoms with E-state index < -0.39 is 32.9 Å². The molecule has 0 saturated heterocycles. The Morgan fingerprint density at radius 2 is 1.89 bits per heavy atom. The quantitative estimate of drug-likeness (QED) is 0.414. The Labute approximate surface area is 156 Å². The van der Waals surface area contributed by atoms with E-state index in [4.69, 9.17) is 16.3 Å². The van der Waals surface area contributed by atoms with Crippen molar-refractivity contribution in [3.05, 3.63) is 67.2 Å². The highest BCUT2D eigenvalue weighted by atomic mass is 35.5. The van der Waals surface area contributed by atoms with Crippen LogP contribution < -0.4 is 10.2 Å². The van der Waals surface area contributed by atoms with Gasteiger partial charge in [0.1, 0.15) is 5.75 Å². The Balaban J connectivity index is 2.04. The van der Waals surface area contributed by atoms with Crippen molar-refractivity contribution in [1.82, 2.24) is 5.43 Å². The van der Waals surface area contributed by atoms with Crippen molar-refractivity contribution in [1.29, 1.82) is 0 Å². The standard InChI is InChI=1S/C15H11ClN4O7/c16-10-1-3-12(4-2-10)27-8-14(21)18-17-7-9-5-11(19(23)24)6-13(15(9)22)20(25)26/h1-7,22H,8H2,(H,18,21). The molecule has 0 heterocycles. The van der Waals surface area contributed by atoms with Gasteiger partial charge in [0.15, 0.2) is 6.61 Å². The lowest BCUT2D eigenvalue weighted by molar-refractivity contribution is -0.394. The van der Waals surface area contributed by atoms with Crippen LogP contribution in [0.4, 0.5) is 11.4 Å². The highest BCUT2D eigenvalue weighted by Gasteiger charge is 2.23. The summed E-state index contributed by atoms with van der Waals surface area (Å²) in [5.74, 6) is -1.09. The molecule has 0 bridgehead atoms. The lowest BCUT2D eigenvalue weighted by Crippen LogP contribution is -2.24. The van der Waals surface area contributed by atoms with E-state index in [9.17, 15) is 30.1 Å². The van der Waals surface area contributed by atoms with Gasteiger partial charge in [-0.25, -0.2) is 5.43 Å². The molecule has 0 radical (unpaired) electrons. The summed E-state index contributed by atoms with van der Waals surface area (Å²) in [6.45, 7) is -0.389. The maximum atomic E-state index is 11.7. The average Bonchev–Trinajstić information content (AvgIpc) is 2.62. The minimum Gasteiger partial charge on any atom is -0.502 e. The number of nitro benzene ring substituents is 2. The molecular formula is C15H11ClN4O7. The summed E-state index contributed by atoms with van der Waals surface area (Å²) in [4.78, 5) is 31.5. The van der Waals surface area contributed by atoms with E-state index in [1.807, 2.05) is 0 Å². The van der Waals surface area contributed by atoms with Gasteiger partial charge in [-0.2, -0.15) is 5.10 Å². The molecule has 2 rings (SSSR count). The molecule has 1 amide bonds. The van der Waals surface area contributed by atoms with Gasteiger partial charge in [-0.1, -0.05) is 11.6 Å². The van der Waals surface area contributed by atoms with E-state index in [2.05, 4.69) is 10.5 Å². The predicted molar refractivity (Wildman–Crippen MR) is 94.1 cm³/mol. The first kappa shape index (κ1) is 19.6. The number of halogens is 1. The van der Waals surface area contributed by atoms with Crippen molar-refractivity contribution >= 4 is 35.1 Å². The molecular weight excluding hydrogens is 384 g/mol. The smallest absolute Gasteiger partial charge is 0.318 e. The number of phenolic OH excluding ortho intramolecular Hbond substituents is 1. The van der Waals surface area contributed by atoms with Gasteiger partial charge in [0.2, 0.25) is 5.75 Å². The van der Waals surface area contributed by atoms with Crippen LogP contribution in [0.5, 0.6) is 11.5 Å². The van der Waals surface area contributed by atoms with Crippen LogP contribution >= 0.6 is 11.6 Å². The molecule has 0 spiro atoms. The third-order valence-electron chi connectivity index (χ3n) is 3.09. The highest BCUT2D eigenvalue weighted by Crippen LogP contribution is 2.33. The van der Waals surface area contributed by atoms with E-state index in [1.165, 1.54) is 0 Å². The average molecular weight is 395 g/mol. The molecule has 0 saturated carbocycles. The van der Waals surface area contributed by atoms with Crippen molar-refractivity contribution in [2.45, 2.75) is 0 Å². The minimum atomic E-state index is -0.974. The molecule has 0 aliphatic rings. The van der Waals surface area contributed by atoms with Crippen molar-refractivity contribution < 1.29 is 24.5 Å². The van der Waals surface area contributed by atoms with Crippen LogP contribution in [0.15, 0.2) is 41.5 Å². The van der Waals surface area contributed by atoms with Crippen molar-refractivity contribution in [2.24, 2.45) is 5.10 Å². The summed E-state index contributed by atoms with van der Waals surface area (Å²) in [6.07, 6.45) is 0.843. The second-order valence-electron chi connectivity index (χ2n) is 4.95. The van der Waals surface area contributed by atoms with Gasteiger partial charge in [0.25, 0.3) is 11.6 Å². The van der Waals surface area contributed by atoms with Crippen LogP contribution in [-0.4, -0.2) is 33.7 Å². The summed E-state index contributed by atoms with van der Waals surface area (Å²) in [6, 6.07) is 7.75. The number of amides is 1. The van der Waals surface area contributed by atoms with E-state index in [0.717, 1.165) is 12.3 Å². The van der Waals surface area contributed by atoms with Crippen molar-refractivity contribution in [2.75, 3.05) is 6.61 Å². The molecule has 27 heavy (non-hydrogen) atoms. The first-order valence-electron chi connectivity index (χ1n) is 7.14. The number of aromatic hydroxyl groups is 1. The van der Waals surface area contributed by atoms with Gasteiger partial charge in [-0.3, -0.25) is 25.0 Å². The molecule has 0 fully saturated rings. The molecule has 2 aromatic rings. The molecule has 0 aromatic heterocycles. The van der Waals surface area contributed by atoms with Gasteiger partial charge in [0, 0.05) is 11.1 Å². The zero-order valence-corrected chi connectivity index (χ0v) is 14.1. The molecule has 11 nitrogen and oxygen atoms in total. The van der Waals surface area contributed by atoms with Crippen LogP contribution in [0.3, 0.4) is 0 Å². The third kappa shape index (κ3) is 5.37. The number of hydrogen-bond acceptors (Lipinski definition) is 8. The monoisotopic (exact) mass is 394 g/mol. The van der Waals surface area contributed by atoms with Gasteiger partial charge < -0.3 is 9.84 Å². The Bertz CT molecular complexity index is 915. The van der Waals surface area contributed by atoms with Crippen LogP contribution in [0, 0.1) is 20.2 Å². The van der Waals surface area contributed by atoms with Gasteiger partial charge in [-0.05, 0) is 24.3 Å². The zero-order valence-electron chi connectivity index (χ0n) is 13.4. The fourth-order valence-electron chi connectivity index (χ4n) is 1.85. The topological polar surface area (TPSA) is 157 Å². The number of carbonyl (C=O) groups is 1. The molecule has 0 atom stereocenters. The van der Waals surface area contributed by atoms with E-state index >= 15 is 0 Å². The number of benzene rings is 2. The first-order chi connectivity index (χ1) is 12.8. The lowest BCUT2D eigenvalue weighted by atomic mass is 10.1. The number of rotatable bonds is 7. The number of nitrogens with zero attached hydrogens (tertiary/aromatic N) is 3. The number of phenols is 1. The molecule has 0 aliphatic heterocycles. The van der Waals surface area contributed by atoms with E-state index in [0.29, 0.717) is 16.8 Å². The second-order valence-corrected chi connectivity index (χ2v) is 5.39. The molecule has 0 unspecified atom stereocenters. The normalized spacial score (nSPS) is 10.6. The minimum absolute atomic E-state index is 0.310. The number of nitro groups is 2. The number of non-ortho nitro benzene ring substituents is 1. The van der Waals surface area contributed by atoms with Gasteiger partial charge in [-0.15, -0.1) is 0 Å². The number of ether oxygens (including phenoxy) is 1. The van der Waals surface area contributed by atoms with Gasteiger partial charge >= 0.3 is 5.69 Å². The predicted octanol–water partition coefficient (Wildman–Crippen LogP) is 2.39. The maximum Gasteiger partial charge on any atom is 0.318 e. The van der Waals surface area contributed by atoms with Crippen LogP contribution in [0.25, 0.3) is 0 Å². The van der Waals surface area contributed by atoms with E-state index in [1.54, 1.807) is 24.3 Å². The van der Waals surface area contributed by atoms with Crippen molar-refractivity contribution in [3.8, 4) is 11.5 Å². The number of hydrazone groups is 1. The number of carbonyl (C=O) groups excluding carboxylic acids is 1. The summed E-state index contributed by atoms with van der Waals surface area (Å²) >= 11 is 5.72. The fourth-order valence-corrected chi connectivity index (χ4v) is 1.98. The fraction of sp³-hybridized carbons (Fsp3) is 0.0667. The van der Waals surface area contributed by atoms with E-state index in [-0.39, 0.29) is 12.2 Å². The summed E-state index contributed by atoms with van der Waals surface area (Å²) in [5, 5.41) is 35.5. The first-order valence-corrected chi connectivity index (χ1v) is 7.52. The molecule has 0 aliphatic carbocycles. The largest absolute Gasteiger partial charge is 0.502 e. The maximum absolute atomic E-state index is 11.7. The van der Waals surface area contributed by atoms with Crippen LogP contribution in [0.1, 0.15) is 5.56 Å². The van der Waals surface area contributed by atoms with Crippen LogP contribution in [0.2, 0.25) is 5.02 Å². The molecule has 2 aromatic carbocycles. The second kappa shape index (κ2) is 8.58. The molecule has 140 valence electrons. The zero-order chi connectivity index (χ0) is 20.0. The Morgan fingerprint density at radius 3 is 2.48 bits per heavy atom.